The molecule has 0 saturated carbocycles. The smallest absolute Gasteiger partial charge is 0.327 e. The largest absolute Gasteiger partial charge is 0.480 e. The fourth-order valence-electron chi connectivity index (χ4n) is 1.15. The number of hydrogen-bond acceptors (Lipinski definition) is 3. The quantitative estimate of drug-likeness (QED) is 0.526. The number of carbonyl (C=O) groups is 2. The van der Waals surface area contributed by atoms with Gasteiger partial charge in [0, 0.05) is 19.5 Å². The van der Waals surface area contributed by atoms with Crippen molar-refractivity contribution in [3.8, 4) is 0 Å². The maximum Gasteiger partial charge on any atom is 0.327 e. The molecule has 1 saturated heterocycles. The van der Waals surface area contributed by atoms with E-state index in [1.807, 2.05) is 4.90 Å². The third-order valence-corrected chi connectivity index (χ3v) is 1.85. The van der Waals surface area contributed by atoms with Gasteiger partial charge in [0.25, 0.3) is 0 Å². The van der Waals surface area contributed by atoms with Gasteiger partial charge in [-0.25, -0.2) is 4.79 Å². The summed E-state index contributed by atoms with van der Waals surface area (Å²) >= 11 is 0. The fraction of sp³-hybridized carbons (Fsp3) is 0.714. The van der Waals surface area contributed by atoms with Crippen LogP contribution >= 0.6 is 0 Å². The van der Waals surface area contributed by atoms with Crippen molar-refractivity contribution in [3.05, 3.63) is 0 Å². The second-order valence-electron chi connectivity index (χ2n) is 2.97. The van der Waals surface area contributed by atoms with Gasteiger partial charge in [-0.1, -0.05) is 0 Å². The van der Waals surface area contributed by atoms with Crippen LogP contribution in [0.5, 0.6) is 0 Å². The van der Waals surface area contributed by atoms with E-state index < -0.39 is 12.0 Å². The molecule has 12 heavy (non-hydrogen) atoms. The Kier molecular flexibility index (Phi) is 2.65. The molecule has 1 fully saturated rings. The van der Waals surface area contributed by atoms with Crippen LogP contribution in [0.2, 0.25) is 0 Å². The zero-order valence-corrected chi connectivity index (χ0v) is 6.91. The highest BCUT2D eigenvalue weighted by Gasteiger charge is 2.24. The van der Waals surface area contributed by atoms with Crippen LogP contribution in [-0.2, 0) is 9.59 Å². The van der Waals surface area contributed by atoms with Crippen LogP contribution in [0.3, 0.4) is 0 Å². The Morgan fingerprint density at radius 1 is 1.75 bits per heavy atom. The van der Waals surface area contributed by atoms with Gasteiger partial charge in [-0.3, -0.25) is 4.79 Å². The molecule has 5 heteroatoms. The normalized spacial score (nSPS) is 26.1. The first-order chi connectivity index (χ1) is 5.59. The fourth-order valence-corrected chi connectivity index (χ4v) is 1.15. The number of hydrogen-bond donors (Lipinski definition) is 2. The SMILES string of the molecule is CN1CCC(=O)NC(C(=O)O)C1. The maximum absolute atomic E-state index is 10.9. The van der Waals surface area contributed by atoms with Crippen LogP contribution in [0.15, 0.2) is 0 Å². The second-order valence-corrected chi connectivity index (χ2v) is 2.97. The minimum Gasteiger partial charge on any atom is -0.480 e. The first kappa shape index (κ1) is 8.99. The van der Waals surface area contributed by atoms with Gasteiger partial charge in [-0.05, 0) is 7.05 Å². The Morgan fingerprint density at radius 2 is 2.42 bits per heavy atom. The van der Waals surface area contributed by atoms with Crippen LogP contribution in [-0.4, -0.2) is 48.1 Å². The lowest BCUT2D eigenvalue weighted by Crippen LogP contribution is -2.44. The summed E-state index contributed by atoms with van der Waals surface area (Å²) in [7, 11) is 1.80. The Balaban J connectivity index is 2.61. The predicted molar refractivity (Wildman–Crippen MR) is 41.7 cm³/mol. The number of carboxylic acid groups (broad SMARTS) is 1. The average Bonchev–Trinajstić information content (AvgIpc) is 2.13. The van der Waals surface area contributed by atoms with E-state index in [1.54, 1.807) is 7.05 Å². The molecule has 5 nitrogen and oxygen atoms in total. The molecule has 0 radical (unpaired) electrons. The molecule has 0 bridgehead atoms. The summed E-state index contributed by atoms with van der Waals surface area (Å²) in [5.41, 5.74) is 0. The highest BCUT2D eigenvalue weighted by atomic mass is 16.4. The van der Waals surface area contributed by atoms with Crippen molar-refractivity contribution >= 4 is 11.9 Å². The molecule has 0 aromatic rings. The lowest BCUT2D eigenvalue weighted by molar-refractivity contribution is -0.141. The first-order valence-corrected chi connectivity index (χ1v) is 3.80. The van der Waals surface area contributed by atoms with Crippen LogP contribution in [0.25, 0.3) is 0 Å². The molecule has 1 amide bonds. The van der Waals surface area contributed by atoms with Crippen molar-refractivity contribution < 1.29 is 14.7 Å². The van der Waals surface area contributed by atoms with Crippen LogP contribution in [0, 0.1) is 0 Å². The molecule has 1 aliphatic heterocycles. The average molecular weight is 172 g/mol. The summed E-state index contributed by atoms with van der Waals surface area (Å²) in [6, 6.07) is -0.759. The number of aliphatic carboxylic acids is 1. The molecular weight excluding hydrogens is 160 g/mol. The number of rotatable bonds is 1. The van der Waals surface area contributed by atoms with Gasteiger partial charge < -0.3 is 15.3 Å². The van der Waals surface area contributed by atoms with Crippen molar-refractivity contribution in [2.45, 2.75) is 12.5 Å². The van der Waals surface area contributed by atoms with Crippen LogP contribution < -0.4 is 5.32 Å². The number of nitrogens with zero attached hydrogens (tertiary/aromatic N) is 1. The van der Waals surface area contributed by atoms with E-state index in [4.69, 9.17) is 5.11 Å². The van der Waals surface area contributed by atoms with E-state index >= 15 is 0 Å². The van der Waals surface area contributed by atoms with Crippen molar-refractivity contribution in [3.63, 3.8) is 0 Å². The Labute approximate surface area is 70.4 Å². The second kappa shape index (κ2) is 3.53. The molecule has 1 heterocycles. The Hall–Kier alpha value is -1.10. The van der Waals surface area contributed by atoms with Gasteiger partial charge in [0.1, 0.15) is 6.04 Å². The topological polar surface area (TPSA) is 69.6 Å². The van der Waals surface area contributed by atoms with E-state index in [1.165, 1.54) is 0 Å². The zero-order chi connectivity index (χ0) is 9.14. The zero-order valence-electron chi connectivity index (χ0n) is 6.91. The monoisotopic (exact) mass is 172 g/mol. The summed E-state index contributed by atoms with van der Waals surface area (Å²) in [4.78, 5) is 23.3. The van der Waals surface area contributed by atoms with Gasteiger partial charge >= 0.3 is 5.97 Å². The molecule has 0 spiro atoms. The van der Waals surface area contributed by atoms with Gasteiger partial charge in [0.05, 0.1) is 0 Å². The van der Waals surface area contributed by atoms with Gasteiger partial charge in [-0.15, -0.1) is 0 Å². The minimum absolute atomic E-state index is 0.188. The van der Waals surface area contributed by atoms with Crippen molar-refractivity contribution in [1.29, 1.82) is 0 Å². The summed E-state index contributed by atoms with van der Waals surface area (Å²) in [5, 5.41) is 11.1. The summed E-state index contributed by atoms with van der Waals surface area (Å²) < 4.78 is 0. The minimum atomic E-state index is -0.975. The Bertz CT molecular complexity index is 205. The van der Waals surface area contributed by atoms with Gasteiger partial charge in [-0.2, -0.15) is 0 Å². The molecule has 1 unspecified atom stereocenters. The molecule has 0 aromatic heterocycles. The van der Waals surface area contributed by atoms with E-state index in [0.717, 1.165) is 0 Å². The highest BCUT2D eigenvalue weighted by Crippen LogP contribution is 1.98. The summed E-state index contributed by atoms with van der Waals surface area (Å²) in [6.07, 6.45) is 0.375. The number of carboxylic acids is 1. The molecular formula is C7H12N2O3. The third kappa shape index (κ3) is 2.20. The van der Waals surface area contributed by atoms with E-state index in [-0.39, 0.29) is 5.91 Å². The van der Waals surface area contributed by atoms with Gasteiger partial charge in [0.15, 0.2) is 0 Å². The molecule has 0 aliphatic carbocycles. The number of amides is 1. The molecule has 1 atom stereocenters. The van der Waals surface area contributed by atoms with Crippen LogP contribution in [0.4, 0.5) is 0 Å². The lowest BCUT2D eigenvalue weighted by Gasteiger charge is -2.15. The maximum atomic E-state index is 10.9. The van der Waals surface area contributed by atoms with E-state index in [0.29, 0.717) is 19.5 Å². The van der Waals surface area contributed by atoms with Crippen LogP contribution in [0.1, 0.15) is 6.42 Å². The summed E-state index contributed by atoms with van der Waals surface area (Å²) in [6.45, 7) is 0.997. The van der Waals surface area contributed by atoms with Crippen molar-refractivity contribution in [2.24, 2.45) is 0 Å². The number of nitrogens with one attached hydrogen (secondary N) is 1. The first-order valence-electron chi connectivity index (χ1n) is 3.80. The molecule has 0 aromatic carbocycles. The van der Waals surface area contributed by atoms with E-state index in [2.05, 4.69) is 5.32 Å². The van der Waals surface area contributed by atoms with E-state index in [9.17, 15) is 9.59 Å². The standard InChI is InChI=1S/C7H12N2O3/c1-9-3-2-6(10)8-5(4-9)7(11)12/h5H,2-4H2,1H3,(H,8,10)(H,11,12). The summed E-state index contributed by atoms with van der Waals surface area (Å²) in [5.74, 6) is -1.16. The van der Waals surface area contributed by atoms with Crippen molar-refractivity contribution in [1.82, 2.24) is 10.2 Å². The third-order valence-electron chi connectivity index (χ3n) is 1.85. The number of carbonyl (C=O) groups excluding carboxylic acids is 1. The molecule has 1 aliphatic rings. The molecule has 1 rings (SSSR count). The number of likely N-dealkylation sites (N-methyl/N-ethyl adjacent to an activating group) is 1. The highest BCUT2D eigenvalue weighted by molar-refractivity contribution is 5.84. The lowest BCUT2D eigenvalue weighted by atomic mass is 10.3. The predicted octanol–water partition coefficient (Wildman–Crippen LogP) is -1.11. The van der Waals surface area contributed by atoms with Crippen molar-refractivity contribution in [2.75, 3.05) is 20.1 Å². The van der Waals surface area contributed by atoms with Gasteiger partial charge in [0.2, 0.25) is 5.91 Å². The molecule has 68 valence electrons. The molecule has 2 N–H and O–H groups in total. The Morgan fingerprint density at radius 3 is 3.00 bits per heavy atom.